The lowest BCUT2D eigenvalue weighted by molar-refractivity contribution is 0.275. The maximum atomic E-state index is 4.90. The van der Waals surface area contributed by atoms with Crippen molar-refractivity contribution in [1.29, 1.82) is 0 Å². The minimum Gasteiger partial charge on any atom is -0.365 e. The maximum absolute atomic E-state index is 4.90. The fraction of sp³-hybridized carbons (Fsp3) is 1.00. The van der Waals surface area contributed by atoms with Gasteiger partial charge in [-0.2, -0.15) is 0 Å². The topological polar surface area (TPSA) is 9.23 Å². The molecule has 0 saturated carbocycles. The molecule has 0 radical (unpaired) electrons. The molecule has 0 rings (SSSR count). The van der Waals surface area contributed by atoms with E-state index in [0.717, 1.165) is 12.5 Å². The smallest absolute Gasteiger partial charge is 0.0529 e. The molecule has 1 nitrogen and oxygen atoms in total. The van der Waals surface area contributed by atoms with Gasteiger partial charge in [-0.1, -0.05) is 26.7 Å². The highest BCUT2D eigenvalue weighted by Crippen LogP contribution is 2.08. The molecule has 1 atom stereocenters. The third-order valence-corrected chi connectivity index (χ3v) is 1.68. The molecule has 2 heteroatoms. The van der Waals surface area contributed by atoms with Crippen molar-refractivity contribution < 1.29 is 4.52 Å². The van der Waals surface area contributed by atoms with E-state index in [1.807, 2.05) is 0 Å². The van der Waals surface area contributed by atoms with E-state index in [0.29, 0.717) is 0 Å². The second-order valence-electron chi connectivity index (χ2n) is 2.02. The second-order valence-corrected chi connectivity index (χ2v) is 2.35. The molecule has 0 spiro atoms. The van der Waals surface area contributed by atoms with Gasteiger partial charge in [0.15, 0.2) is 0 Å². The molecule has 1 unspecified atom stereocenters. The van der Waals surface area contributed by atoms with E-state index in [9.17, 15) is 0 Å². The average molecular weight is 134 g/mol. The van der Waals surface area contributed by atoms with Crippen LogP contribution in [0.2, 0.25) is 0 Å². The fourth-order valence-corrected chi connectivity index (χ4v) is 0.933. The van der Waals surface area contributed by atoms with Crippen molar-refractivity contribution in [1.82, 2.24) is 0 Å². The van der Waals surface area contributed by atoms with Gasteiger partial charge in [0.2, 0.25) is 0 Å². The van der Waals surface area contributed by atoms with Gasteiger partial charge in [-0.05, 0) is 5.92 Å². The average Bonchev–Trinajstić information content (AvgIpc) is 1.83. The van der Waals surface area contributed by atoms with Gasteiger partial charge in [-0.15, -0.1) is 0 Å². The van der Waals surface area contributed by atoms with Crippen LogP contribution >= 0.6 is 9.47 Å². The largest absolute Gasteiger partial charge is 0.365 e. The predicted octanol–water partition coefficient (Wildman–Crippen LogP) is 2.23. The molecule has 50 valence electrons. The Morgan fingerprint density at radius 2 is 1.88 bits per heavy atom. The van der Waals surface area contributed by atoms with Crippen LogP contribution in [-0.4, -0.2) is 6.61 Å². The summed E-state index contributed by atoms with van der Waals surface area (Å²) in [6.07, 6.45) is 2.45. The number of hydrogen-bond donors (Lipinski definition) is 0. The molecule has 0 N–H and O–H groups in total. The maximum Gasteiger partial charge on any atom is 0.0529 e. The highest BCUT2D eigenvalue weighted by Gasteiger charge is 1.99. The lowest BCUT2D eigenvalue weighted by Crippen LogP contribution is -2.02. The number of rotatable bonds is 4. The van der Waals surface area contributed by atoms with Gasteiger partial charge in [0.1, 0.15) is 0 Å². The van der Waals surface area contributed by atoms with Gasteiger partial charge in [-0.25, -0.2) is 0 Å². The standard InChI is InChI=1S/C6H15OP/c1-3-6(4-2)5-7-8/h6H,3-5,8H2,1-2H3. The van der Waals surface area contributed by atoms with E-state index in [-0.39, 0.29) is 0 Å². The summed E-state index contributed by atoms with van der Waals surface area (Å²) < 4.78 is 4.90. The van der Waals surface area contributed by atoms with Crippen LogP contribution in [0.25, 0.3) is 0 Å². The Morgan fingerprint density at radius 3 is 2.00 bits per heavy atom. The summed E-state index contributed by atoms with van der Waals surface area (Å²) in [7, 11) is 2.28. The molecule has 0 heterocycles. The van der Waals surface area contributed by atoms with Crippen LogP contribution < -0.4 is 0 Å². The van der Waals surface area contributed by atoms with E-state index < -0.39 is 0 Å². The molecule has 0 aliphatic heterocycles. The van der Waals surface area contributed by atoms with Crippen LogP contribution in [-0.2, 0) is 4.52 Å². The van der Waals surface area contributed by atoms with E-state index in [2.05, 4.69) is 23.3 Å². The summed E-state index contributed by atoms with van der Waals surface area (Å²) in [5, 5.41) is 0. The van der Waals surface area contributed by atoms with Crippen molar-refractivity contribution in [2.45, 2.75) is 26.7 Å². The van der Waals surface area contributed by atoms with Crippen molar-refractivity contribution >= 4 is 9.47 Å². The van der Waals surface area contributed by atoms with Gasteiger partial charge >= 0.3 is 0 Å². The lowest BCUT2D eigenvalue weighted by atomic mass is 10.1. The van der Waals surface area contributed by atoms with E-state index in [1.54, 1.807) is 0 Å². The molecule has 8 heavy (non-hydrogen) atoms. The zero-order valence-electron chi connectivity index (χ0n) is 5.68. The van der Waals surface area contributed by atoms with Gasteiger partial charge in [0.05, 0.1) is 6.61 Å². The Hall–Kier alpha value is 0.390. The second kappa shape index (κ2) is 5.53. The molecule has 0 amide bonds. The van der Waals surface area contributed by atoms with Crippen molar-refractivity contribution in [3.63, 3.8) is 0 Å². The SMILES string of the molecule is CCC(CC)COP. The summed E-state index contributed by atoms with van der Waals surface area (Å²) in [4.78, 5) is 0. The van der Waals surface area contributed by atoms with Crippen LogP contribution in [0.4, 0.5) is 0 Å². The third kappa shape index (κ3) is 3.40. The van der Waals surface area contributed by atoms with Crippen molar-refractivity contribution in [3.8, 4) is 0 Å². The molecular formula is C6H15OP. The minimum absolute atomic E-state index is 0.757. The Bertz CT molecular complexity index is 43.8. The fourth-order valence-electron chi connectivity index (χ4n) is 0.660. The molecule has 0 aliphatic carbocycles. The predicted molar refractivity (Wildman–Crippen MR) is 39.7 cm³/mol. The molecule has 0 aromatic heterocycles. The molecule has 0 bridgehead atoms. The summed E-state index contributed by atoms with van der Waals surface area (Å²) in [5.74, 6) is 0.757. The highest BCUT2D eigenvalue weighted by atomic mass is 31.0. The summed E-state index contributed by atoms with van der Waals surface area (Å²) in [6, 6.07) is 0. The van der Waals surface area contributed by atoms with E-state index in [1.165, 1.54) is 12.8 Å². The van der Waals surface area contributed by atoms with E-state index >= 15 is 0 Å². The zero-order valence-corrected chi connectivity index (χ0v) is 6.84. The highest BCUT2D eigenvalue weighted by molar-refractivity contribution is 7.09. The first-order valence-corrected chi connectivity index (χ1v) is 3.63. The first-order chi connectivity index (χ1) is 3.85. The summed E-state index contributed by atoms with van der Waals surface area (Å²) >= 11 is 0. The van der Waals surface area contributed by atoms with Crippen molar-refractivity contribution in [2.75, 3.05) is 6.61 Å². The van der Waals surface area contributed by atoms with Crippen LogP contribution in [0.5, 0.6) is 0 Å². The summed E-state index contributed by atoms with van der Waals surface area (Å²) in [6.45, 7) is 5.27. The van der Waals surface area contributed by atoms with Crippen LogP contribution in [0.1, 0.15) is 26.7 Å². The van der Waals surface area contributed by atoms with Crippen molar-refractivity contribution in [3.05, 3.63) is 0 Å². The molecular weight excluding hydrogens is 119 g/mol. The van der Waals surface area contributed by atoms with Gasteiger partial charge in [0, 0.05) is 9.47 Å². The molecule has 0 aromatic carbocycles. The molecule has 0 fully saturated rings. The first-order valence-electron chi connectivity index (χ1n) is 3.16. The van der Waals surface area contributed by atoms with Gasteiger partial charge in [0.25, 0.3) is 0 Å². The minimum atomic E-state index is 0.757. The normalized spacial score (nSPS) is 10.5. The Labute approximate surface area is 54.1 Å². The molecule has 0 saturated heterocycles. The molecule has 0 aromatic rings. The lowest BCUT2D eigenvalue weighted by Gasteiger charge is -2.08. The van der Waals surface area contributed by atoms with Crippen LogP contribution in [0.15, 0.2) is 0 Å². The first kappa shape index (κ1) is 8.39. The van der Waals surface area contributed by atoms with Crippen molar-refractivity contribution in [2.24, 2.45) is 5.92 Å². The monoisotopic (exact) mass is 134 g/mol. The Balaban J connectivity index is 3.07. The van der Waals surface area contributed by atoms with Crippen LogP contribution in [0, 0.1) is 5.92 Å². The van der Waals surface area contributed by atoms with Gasteiger partial charge < -0.3 is 4.52 Å². The van der Waals surface area contributed by atoms with E-state index in [4.69, 9.17) is 4.52 Å². The summed E-state index contributed by atoms with van der Waals surface area (Å²) in [5.41, 5.74) is 0. The Kier molecular flexibility index (Phi) is 5.79. The third-order valence-electron chi connectivity index (χ3n) is 1.49. The molecule has 0 aliphatic rings. The van der Waals surface area contributed by atoms with Gasteiger partial charge in [-0.3, -0.25) is 0 Å². The quantitative estimate of drug-likeness (QED) is 0.536. The Morgan fingerprint density at radius 1 is 1.38 bits per heavy atom. The number of hydrogen-bond acceptors (Lipinski definition) is 1. The van der Waals surface area contributed by atoms with Crippen LogP contribution in [0.3, 0.4) is 0 Å². The zero-order chi connectivity index (χ0) is 6.41.